The maximum atomic E-state index is 12.1. The maximum Gasteiger partial charge on any atom is 0.412 e. The molecule has 2 aromatic rings. The molecule has 1 heterocycles. The van der Waals surface area contributed by atoms with Gasteiger partial charge in [0.15, 0.2) is 5.69 Å². The van der Waals surface area contributed by atoms with Crippen molar-refractivity contribution in [2.24, 2.45) is 0 Å². The molecule has 1 aromatic heterocycles. The lowest BCUT2D eigenvalue weighted by molar-refractivity contribution is 0.00622. The predicted molar refractivity (Wildman–Crippen MR) is 106 cm³/mol. The van der Waals surface area contributed by atoms with E-state index in [0.29, 0.717) is 17.2 Å². The van der Waals surface area contributed by atoms with Crippen LogP contribution in [0.5, 0.6) is 11.5 Å². The smallest absolute Gasteiger partial charge is 0.412 e. The molecule has 0 aliphatic rings. The zero-order valence-electron chi connectivity index (χ0n) is 17.0. The van der Waals surface area contributed by atoms with Crippen molar-refractivity contribution in [1.29, 1.82) is 0 Å². The minimum absolute atomic E-state index is 0.163. The molecule has 0 spiro atoms. The highest BCUT2D eigenvalue weighted by atomic mass is 16.6. The second-order valence-electron chi connectivity index (χ2n) is 8.13. The summed E-state index contributed by atoms with van der Waals surface area (Å²) in [6, 6.07) is 9.92. The molecule has 0 aliphatic heterocycles. The van der Waals surface area contributed by atoms with E-state index < -0.39 is 23.3 Å². The third kappa shape index (κ3) is 7.26. The van der Waals surface area contributed by atoms with Crippen molar-refractivity contribution in [3.8, 4) is 11.5 Å². The Labute approximate surface area is 165 Å². The molecule has 0 aliphatic carbocycles. The van der Waals surface area contributed by atoms with Crippen molar-refractivity contribution in [2.45, 2.75) is 52.7 Å². The second kappa shape index (κ2) is 8.29. The summed E-state index contributed by atoms with van der Waals surface area (Å²) in [7, 11) is 0. The number of anilines is 1. The number of hydrogen-bond donors (Lipinski definition) is 1. The van der Waals surface area contributed by atoms with E-state index >= 15 is 0 Å². The number of carbonyl (C=O) groups is 2. The van der Waals surface area contributed by atoms with Crippen molar-refractivity contribution >= 4 is 17.7 Å². The van der Waals surface area contributed by atoms with E-state index in [1.54, 1.807) is 71.9 Å². The number of amides is 1. The van der Waals surface area contributed by atoms with Gasteiger partial charge in [0.2, 0.25) is 0 Å². The van der Waals surface area contributed by atoms with Crippen molar-refractivity contribution in [2.75, 3.05) is 5.32 Å². The highest BCUT2D eigenvalue weighted by molar-refractivity contribution is 5.88. The van der Waals surface area contributed by atoms with Crippen LogP contribution < -0.4 is 10.1 Å². The molecule has 0 unspecified atom stereocenters. The zero-order valence-corrected chi connectivity index (χ0v) is 17.0. The van der Waals surface area contributed by atoms with Crippen LogP contribution in [0.4, 0.5) is 10.5 Å². The average molecular weight is 386 g/mol. The normalized spacial score (nSPS) is 11.5. The Morgan fingerprint density at radius 1 is 0.857 bits per heavy atom. The number of nitrogens with zero attached hydrogens (tertiary/aromatic N) is 1. The first-order chi connectivity index (χ1) is 12.9. The number of rotatable bonds is 4. The van der Waals surface area contributed by atoms with Crippen LogP contribution in [0.3, 0.4) is 0 Å². The molecule has 0 fully saturated rings. The fraction of sp³-hybridized carbons (Fsp3) is 0.381. The molecule has 0 bridgehead atoms. The first-order valence-corrected chi connectivity index (χ1v) is 8.89. The van der Waals surface area contributed by atoms with Gasteiger partial charge in [-0.25, -0.2) is 14.6 Å². The van der Waals surface area contributed by atoms with Gasteiger partial charge >= 0.3 is 12.1 Å². The van der Waals surface area contributed by atoms with Gasteiger partial charge in [-0.05, 0) is 71.9 Å². The van der Waals surface area contributed by atoms with Gasteiger partial charge in [-0.15, -0.1) is 0 Å². The van der Waals surface area contributed by atoms with Gasteiger partial charge in [-0.3, -0.25) is 5.32 Å². The van der Waals surface area contributed by atoms with Crippen molar-refractivity contribution in [3.05, 3.63) is 48.3 Å². The first-order valence-electron chi connectivity index (χ1n) is 8.89. The highest BCUT2D eigenvalue weighted by Crippen LogP contribution is 2.24. The Morgan fingerprint density at radius 3 is 2.04 bits per heavy atom. The van der Waals surface area contributed by atoms with Gasteiger partial charge in [-0.1, -0.05) is 0 Å². The lowest BCUT2D eigenvalue weighted by Crippen LogP contribution is -2.27. The average Bonchev–Trinajstić information content (AvgIpc) is 2.53. The lowest BCUT2D eigenvalue weighted by atomic mass is 10.2. The molecule has 2 rings (SSSR count). The second-order valence-corrected chi connectivity index (χ2v) is 8.13. The summed E-state index contributed by atoms with van der Waals surface area (Å²) in [5, 5.41) is 2.65. The van der Waals surface area contributed by atoms with Crippen LogP contribution in [0.25, 0.3) is 0 Å². The fourth-order valence-electron chi connectivity index (χ4n) is 2.08. The van der Waals surface area contributed by atoms with Crippen molar-refractivity contribution in [3.63, 3.8) is 0 Å². The van der Waals surface area contributed by atoms with E-state index in [0.717, 1.165) is 0 Å². The third-order valence-corrected chi connectivity index (χ3v) is 3.07. The topological polar surface area (TPSA) is 86.8 Å². The van der Waals surface area contributed by atoms with Crippen LogP contribution in [0.15, 0.2) is 42.6 Å². The fourth-order valence-corrected chi connectivity index (χ4v) is 2.08. The Kier molecular flexibility index (Phi) is 6.28. The summed E-state index contributed by atoms with van der Waals surface area (Å²) >= 11 is 0. The number of carbonyl (C=O) groups excluding carboxylic acids is 2. The number of aromatic nitrogens is 1. The molecule has 1 amide bonds. The SMILES string of the molecule is CC(C)(C)OC(=O)Nc1ccc(Oc2ccnc(C(=O)OC(C)(C)C)c2)cc1. The Morgan fingerprint density at radius 2 is 1.46 bits per heavy atom. The molecule has 1 N–H and O–H groups in total. The van der Waals surface area contributed by atoms with Crippen LogP contribution in [0, 0.1) is 0 Å². The Bertz CT molecular complexity index is 833. The Hall–Kier alpha value is -3.09. The Balaban J connectivity index is 2.01. The van der Waals surface area contributed by atoms with Crippen LogP contribution in [-0.2, 0) is 9.47 Å². The number of hydrogen-bond acceptors (Lipinski definition) is 6. The van der Waals surface area contributed by atoms with Gasteiger partial charge in [0, 0.05) is 18.0 Å². The minimum atomic E-state index is -0.605. The van der Waals surface area contributed by atoms with E-state index in [-0.39, 0.29) is 5.69 Å². The van der Waals surface area contributed by atoms with Crippen LogP contribution in [-0.4, -0.2) is 28.2 Å². The first kappa shape index (κ1) is 21.2. The molecule has 0 atom stereocenters. The number of nitrogens with one attached hydrogen (secondary N) is 1. The zero-order chi connectivity index (χ0) is 20.9. The van der Waals surface area contributed by atoms with Crippen LogP contribution in [0.1, 0.15) is 52.0 Å². The molecule has 0 saturated heterocycles. The minimum Gasteiger partial charge on any atom is -0.457 e. The summed E-state index contributed by atoms with van der Waals surface area (Å²) in [4.78, 5) is 27.9. The van der Waals surface area contributed by atoms with Crippen LogP contribution >= 0.6 is 0 Å². The van der Waals surface area contributed by atoms with Crippen molar-refractivity contribution < 1.29 is 23.8 Å². The van der Waals surface area contributed by atoms with Gasteiger partial charge in [0.25, 0.3) is 0 Å². The summed E-state index contributed by atoms with van der Waals surface area (Å²) in [6.07, 6.45) is 0.949. The largest absolute Gasteiger partial charge is 0.457 e. The van der Waals surface area contributed by atoms with E-state index in [9.17, 15) is 9.59 Å². The third-order valence-electron chi connectivity index (χ3n) is 3.07. The van der Waals surface area contributed by atoms with Gasteiger partial charge < -0.3 is 14.2 Å². The maximum absolute atomic E-state index is 12.1. The molecule has 7 heteroatoms. The molecule has 1 aromatic carbocycles. The molecular weight excluding hydrogens is 360 g/mol. The quantitative estimate of drug-likeness (QED) is 0.729. The summed E-state index contributed by atoms with van der Waals surface area (Å²) in [5.74, 6) is 0.467. The number of ether oxygens (including phenoxy) is 3. The van der Waals surface area contributed by atoms with E-state index in [1.807, 2.05) is 0 Å². The number of benzene rings is 1. The highest BCUT2D eigenvalue weighted by Gasteiger charge is 2.19. The monoisotopic (exact) mass is 386 g/mol. The standard InChI is InChI=1S/C21H26N2O5/c1-20(2,3)27-18(24)17-13-16(11-12-22-17)26-15-9-7-14(8-10-15)23-19(25)28-21(4,5)6/h7-13H,1-6H3,(H,23,25). The molecule has 0 radical (unpaired) electrons. The van der Waals surface area contributed by atoms with Gasteiger partial charge in [0.1, 0.15) is 22.7 Å². The van der Waals surface area contributed by atoms with E-state index in [2.05, 4.69) is 10.3 Å². The van der Waals surface area contributed by atoms with Gasteiger partial charge in [-0.2, -0.15) is 0 Å². The molecule has 28 heavy (non-hydrogen) atoms. The summed E-state index contributed by atoms with van der Waals surface area (Å²) in [6.45, 7) is 10.8. The summed E-state index contributed by atoms with van der Waals surface area (Å²) < 4.78 is 16.3. The molecule has 7 nitrogen and oxygen atoms in total. The molecular formula is C21H26N2O5. The molecule has 150 valence electrons. The van der Waals surface area contributed by atoms with Crippen molar-refractivity contribution in [1.82, 2.24) is 4.98 Å². The van der Waals surface area contributed by atoms with E-state index in [1.165, 1.54) is 12.3 Å². The lowest BCUT2D eigenvalue weighted by Gasteiger charge is -2.19. The van der Waals surface area contributed by atoms with Crippen LogP contribution in [0.2, 0.25) is 0 Å². The molecule has 0 saturated carbocycles. The van der Waals surface area contributed by atoms with Gasteiger partial charge in [0.05, 0.1) is 0 Å². The summed E-state index contributed by atoms with van der Waals surface area (Å²) in [5.41, 5.74) is -0.436. The number of pyridine rings is 1. The number of esters is 1. The predicted octanol–water partition coefficient (Wildman–Crippen LogP) is 5.18. The van der Waals surface area contributed by atoms with E-state index in [4.69, 9.17) is 14.2 Å².